The Balaban J connectivity index is 1.99. The second-order valence-corrected chi connectivity index (χ2v) is 5.09. The first-order valence-corrected chi connectivity index (χ1v) is 7.09. The zero-order chi connectivity index (χ0) is 15.2. The molecular formula is C15H20N2O4. The van der Waals surface area contributed by atoms with Gasteiger partial charge in [-0.1, -0.05) is 12.1 Å². The molecule has 1 saturated carbocycles. The van der Waals surface area contributed by atoms with Crippen molar-refractivity contribution in [3.05, 3.63) is 24.3 Å². The van der Waals surface area contributed by atoms with E-state index in [2.05, 4.69) is 5.32 Å². The molecular weight excluding hydrogens is 272 g/mol. The van der Waals surface area contributed by atoms with Crippen LogP contribution in [0.25, 0.3) is 0 Å². The molecule has 6 nitrogen and oxygen atoms in total. The maximum Gasteiger partial charge on any atom is 0.341 e. The Hall–Kier alpha value is -2.24. The summed E-state index contributed by atoms with van der Waals surface area (Å²) in [5.74, 6) is -0.0787. The molecule has 0 atom stereocenters. The van der Waals surface area contributed by atoms with Gasteiger partial charge < -0.3 is 20.1 Å². The number of carboxylic acid groups (broad SMARTS) is 1. The fraction of sp³-hybridized carbons (Fsp3) is 0.467. The van der Waals surface area contributed by atoms with E-state index in [1.165, 1.54) is 12.8 Å². The Morgan fingerprint density at radius 2 is 2.10 bits per heavy atom. The molecule has 0 saturated heterocycles. The molecule has 0 heterocycles. The van der Waals surface area contributed by atoms with Crippen LogP contribution in [0.3, 0.4) is 0 Å². The van der Waals surface area contributed by atoms with Gasteiger partial charge in [0.1, 0.15) is 5.75 Å². The van der Waals surface area contributed by atoms with Crippen LogP contribution in [0.4, 0.5) is 10.5 Å². The van der Waals surface area contributed by atoms with Crippen LogP contribution in [-0.4, -0.2) is 41.7 Å². The van der Waals surface area contributed by atoms with Crippen LogP contribution in [0, 0.1) is 5.92 Å². The van der Waals surface area contributed by atoms with Crippen LogP contribution in [-0.2, 0) is 4.79 Å². The van der Waals surface area contributed by atoms with E-state index in [0.29, 0.717) is 23.9 Å². The van der Waals surface area contributed by atoms with Gasteiger partial charge in [-0.05, 0) is 37.8 Å². The van der Waals surface area contributed by atoms with Crippen molar-refractivity contribution in [3.63, 3.8) is 0 Å². The van der Waals surface area contributed by atoms with Crippen LogP contribution >= 0.6 is 0 Å². The van der Waals surface area contributed by atoms with Gasteiger partial charge in [0.05, 0.1) is 5.69 Å². The molecule has 2 amide bonds. The van der Waals surface area contributed by atoms with Crippen molar-refractivity contribution in [3.8, 4) is 5.75 Å². The van der Waals surface area contributed by atoms with E-state index < -0.39 is 12.6 Å². The standard InChI is InChI=1S/C15H20N2O4/c1-2-17(9-11-7-8-11)15(20)16-12-5-3-4-6-13(12)21-10-14(18)19/h3-6,11H,2,7-10H2,1H3,(H,16,20)(H,18,19). The number of carbonyl (C=O) groups excluding carboxylic acids is 1. The lowest BCUT2D eigenvalue weighted by molar-refractivity contribution is -0.139. The molecule has 0 bridgehead atoms. The van der Waals surface area contributed by atoms with Crippen LogP contribution in [0.1, 0.15) is 19.8 Å². The van der Waals surface area contributed by atoms with Gasteiger partial charge in [0, 0.05) is 13.1 Å². The van der Waals surface area contributed by atoms with Gasteiger partial charge >= 0.3 is 12.0 Å². The highest BCUT2D eigenvalue weighted by molar-refractivity contribution is 5.91. The first-order valence-electron chi connectivity index (χ1n) is 7.09. The maximum atomic E-state index is 12.2. The van der Waals surface area contributed by atoms with E-state index >= 15 is 0 Å². The van der Waals surface area contributed by atoms with Crippen LogP contribution in [0.2, 0.25) is 0 Å². The summed E-state index contributed by atoms with van der Waals surface area (Å²) in [5, 5.41) is 11.4. The molecule has 1 aliphatic rings. The maximum absolute atomic E-state index is 12.2. The van der Waals surface area contributed by atoms with Gasteiger partial charge in [0.25, 0.3) is 0 Å². The number of ether oxygens (including phenoxy) is 1. The van der Waals surface area contributed by atoms with E-state index in [0.717, 1.165) is 6.54 Å². The molecule has 21 heavy (non-hydrogen) atoms. The molecule has 6 heteroatoms. The summed E-state index contributed by atoms with van der Waals surface area (Å²) in [5.41, 5.74) is 0.484. The number of aliphatic carboxylic acids is 1. The first-order chi connectivity index (χ1) is 10.1. The average Bonchev–Trinajstić information content (AvgIpc) is 3.27. The number of urea groups is 1. The number of nitrogens with zero attached hydrogens (tertiary/aromatic N) is 1. The Labute approximate surface area is 123 Å². The third-order valence-corrected chi connectivity index (χ3v) is 3.32. The Morgan fingerprint density at radius 1 is 1.38 bits per heavy atom. The molecule has 0 aliphatic heterocycles. The average molecular weight is 292 g/mol. The molecule has 1 aromatic rings. The highest BCUT2D eigenvalue weighted by Crippen LogP contribution is 2.30. The lowest BCUT2D eigenvalue weighted by Gasteiger charge is -2.22. The van der Waals surface area contributed by atoms with Crippen LogP contribution in [0.15, 0.2) is 24.3 Å². The lowest BCUT2D eigenvalue weighted by Crippen LogP contribution is -2.36. The van der Waals surface area contributed by atoms with Crippen molar-refractivity contribution in [1.82, 2.24) is 4.90 Å². The van der Waals surface area contributed by atoms with E-state index in [-0.39, 0.29) is 6.03 Å². The van der Waals surface area contributed by atoms with Crippen molar-refractivity contribution in [2.24, 2.45) is 5.92 Å². The number of carbonyl (C=O) groups is 2. The molecule has 0 aromatic heterocycles. The number of hydrogen-bond acceptors (Lipinski definition) is 3. The number of nitrogens with one attached hydrogen (secondary N) is 1. The summed E-state index contributed by atoms with van der Waals surface area (Å²) in [6.07, 6.45) is 2.37. The first kappa shape index (κ1) is 15.2. The minimum absolute atomic E-state index is 0.184. The Bertz CT molecular complexity index is 514. The zero-order valence-corrected chi connectivity index (χ0v) is 12.0. The summed E-state index contributed by atoms with van der Waals surface area (Å²) < 4.78 is 5.17. The number of para-hydroxylation sites is 2. The summed E-state index contributed by atoms with van der Waals surface area (Å²) >= 11 is 0. The number of carboxylic acids is 1. The van der Waals surface area contributed by atoms with Crippen molar-refractivity contribution < 1.29 is 19.4 Å². The minimum Gasteiger partial charge on any atom is -0.480 e. The van der Waals surface area contributed by atoms with E-state index in [4.69, 9.17) is 9.84 Å². The molecule has 0 unspecified atom stereocenters. The fourth-order valence-electron chi connectivity index (χ4n) is 2.00. The van der Waals surface area contributed by atoms with E-state index in [1.54, 1.807) is 29.2 Å². The molecule has 1 fully saturated rings. The number of rotatable bonds is 7. The largest absolute Gasteiger partial charge is 0.480 e. The topological polar surface area (TPSA) is 78.9 Å². The third-order valence-electron chi connectivity index (χ3n) is 3.32. The molecule has 2 N–H and O–H groups in total. The Kier molecular flexibility index (Phi) is 5.03. The van der Waals surface area contributed by atoms with Crippen LogP contribution < -0.4 is 10.1 Å². The predicted octanol–water partition coefficient (Wildman–Crippen LogP) is 2.41. The van der Waals surface area contributed by atoms with E-state index in [9.17, 15) is 9.59 Å². The summed E-state index contributed by atoms with van der Waals surface area (Å²) in [7, 11) is 0. The number of amides is 2. The van der Waals surface area contributed by atoms with Gasteiger partial charge in [-0.2, -0.15) is 0 Å². The Morgan fingerprint density at radius 3 is 2.71 bits per heavy atom. The molecule has 0 spiro atoms. The molecule has 1 aliphatic carbocycles. The number of benzene rings is 1. The SMILES string of the molecule is CCN(CC1CC1)C(=O)Nc1ccccc1OCC(=O)O. The highest BCUT2D eigenvalue weighted by atomic mass is 16.5. The van der Waals surface area contributed by atoms with Crippen molar-refractivity contribution >= 4 is 17.7 Å². The quantitative estimate of drug-likeness (QED) is 0.809. The lowest BCUT2D eigenvalue weighted by atomic mass is 10.3. The number of hydrogen-bond donors (Lipinski definition) is 2. The van der Waals surface area contributed by atoms with Crippen LogP contribution in [0.5, 0.6) is 5.75 Å². The molecule has 2 rings (SSSR count). The highest BCUT2D eigenvalue weighted by Gasteiger charge is 2.26. The van der Waals surface area contributed by atoms with Crippen molar-refractivity contribution in [1.29, 1.82) is 0 Å². The van der Waals surface area contributed by atoms with Crippen molar-refractivity contribution in [2.45, 2.75) is 19.8 Å². The van der Waals surface area contributed by atoms with Gasteiger partial charge in [-0.15, -0.1) is 0 Å². The third kappa shape index (κ3) is 4.66. The molecule has 0 radical (unpaired) electrons. The second kappa shape index (κ2) is 6.97. The smallest absolute Gasteiger partial charge is 0.341 e. The normalized spacial score (nSPS) is 13.6. The van der Waals surface area contributed by atoms with Gasteiger partial charge in [-0.3, -0.25) is 0 Å². The van der Waals surface area contributed by atoms with Gasteiger partial charge in [-0.25, -0.2) is 9.59 Å². The summed E-state index contributed by atoms with van der Waals surface area (Å²) in [6, 6.07) is 6.64. The number of anilines is 1. The predicted molar refractivity (Wildman–Crippen MR) is 78.6 cm³/mol. The molecule has 1 aromatic carbocycles. The summed E-state index contributed by atoms with van der Waals surface area (Å²) in [6.45, 7) is 2.90. The monoisotopic (exact) mass is 292 g/mol. The fourth-order valence-corrected chi connectivity index (χ4v) is 2.00. The molecule has 114 valence electrons. The van der Waals surface area contributed by atoms with Gasteiger partial charge in [0.15, 0.2) is 6.61 Å². The summed E-state index contributed by atoms with van der Waals surface area (Å²) in [4.78, 5) is 24.6. The van der Waals surface area contributed by atoms with Gasteiger partial charge in [0.2, 0.25) is 0 Å². The zero-order valence-electron chi connectivity index (χ0n) is 12.0. The second-order valence-electron chi connectivity index (χ2n) is 5.09. The van der Waals surface area contributed by atoms with Crippen molar-refractivity contribution in [2.75, 3.05) is 25.0 Å². The minimum atomic E-state index is -1.06. The van der Waals surface area contributed by atoms with E-state index in [1.807, 2.05) is 6.92 Å².